The average molecular weight is 201 g/mol. The number of aromatic amines is 1. The van der Waals surface area contributed by atoms with Crippen LogP contribution in [0, 0.1) is 13.8 Å². The van der Waals surface area contributed by atoms with Crippen LogP contribution in [0.15, 0.2) is 24.3 Å². The summed E-state index contributed by atoms with van der Waals surface area (Å²) in [4.78, 5) is 0. The topological polar surface area (TPSA) is 40.7 Å². The van der Waals surface area contributed by atoms with Crippen LogP contribution in [0.5, 0.6) is 0 Å². The minimum absolute atomic E-state index is 0.908. The molecular formula is C12H15N3. The Morgan fingerprint density at radius 3 is 2.33 bits per heavy atom. The number of H-pyrrole nitrogens is 1. The zero-order valence-electron chi connectivity index (χ0n) is 9.26. The van der Waals surface area contributed by atoms with E-state index in [0.717, 1.165) is 17.1 Å². The molecule has 1 heterocycles. The van der Waals surface area contributed by atoms with Gasteiger partial charge in [-0.25, -0.2) is 0 Å². The van der Waals surface area contributed by atoms with Gasteiger partial charge in [-0.2, -0.15) is 5.10 Å². The molecule has 0 unspecified atom stereocenters. The van der Waals surface area contributed by atoms with E-state index in [1.165, 1.54) is 11.1 Å². The molecule has 0 aliphatic heterocycles. The lowest BCUT2D eigenvalue weighted by atomic mass is 10.1. The highest BCUT2D eigenvalue weighted by molar-refractivity contribution is 5.68. The molecule has 0 atom stereocenters. The van der Waals surface area contributed by atoms with Crippen LogP contribution in [-0.2, 0) is 0 Å². The van der Waals surface area contributed by atoms with Gasteiger partial charge in [0.1, 0.15) is 0 Å². The summed E-state index contributed by atoms with van der Waals surface area (Å²) in [6.07, 6.45) is 0. The van der Waals surface area contributed by atoms with Crippen molar-refractivity contribution in [2.24, 2.45) is 0 Å². The van der Waals surface area contributed by atoms with Gasteiger partial charge in [0.2, 0.25) is 0 Å². The second kappa shape index (κ2) is 3.77. The number of nitrogens with one attached hydrogen (secondary N) is 2. The Bertz CT molecular complexity index is 454. The van der Waals surface area contributed by atoms with Crippen LogP contribution < -0.4 is 5.32 Å². The SMILES string of the molecule is CNc1n[nH]c(-c2ccc(C)cc2)c1C. The first kappa shape index (κ1) is 9.77. The first-order valence-electron chi connectivity index (χ1n) is 5.02. The van der Waals surface area contributed by atoms with E-state index in [9.17, 15) is 0 Å². The fraction of sp³-hybridized carbons (Fsp3) is 0.250. The Morgan fingerprint density at radius 2 is 1.80 bits per heavy atom. The van der Waals surface area contributed by atoms with Gasteiger partial charge in [0.25, 0.3) is 0 Å². The van der Waals surface area contributed by atoms with Gasteiger partial charge < -0.3 is 5.32 Å². The smallest absolute Gasteiger partial charge is 0.151 e. The van der Waals surface area contributed by atoms with Crippen LogP contribution in [0.4, 0.5) is 5.82 Å². The number of benzene rings is 1. The summed E-state index contributed by atoms with van der Waals surface area (Å²) in [6, 6.07) is 8.42. The lowest BCUT2D eigenvalue weighted by Gasteiger charge is -2.00. The summed E-state index contributed by atoms with van der Waals surface area (Å²) in [5.74, 6) is 0.908. The predicted molar refractivity (Wildman–Crippen MR) is 63.0 cm³/mol. The minimum Gasteiger partial charge on any atom is -0.371 e. The third-order valence-electron chi connectivity index (χ3n) is 2.59. The van der Waals surface area contributed by atoms with Crippen LogP contribution in [0.2, 0.25) is 0 Å². The molecule has 0 spiro atoms. The summed E-state index contributed by atoms with van der Waals surface area (Å²) in [6.45, 7) is 4.15. The number of rotatable bonds is 2. The van der Waals surface area contributed by atoms with Crippen LogP contribution in [0.25, 0.3) is 11.3 Å². The molecule has 3 nitrogen and oxygen atoms in total. The van der Waals surface area contributed by atoms with E-state index in [-0.39, 0.29) is 0 Å². The van der Waals surface area contributed by atoms with Gasteiger partial charge in [-0.3, -0.25) is 5.10 Å². The number of hydrogen-bond donors (Lipinski definition) is 2. The van der Waals surface area contributed by atoms with Gasteiger partial charge >= 0.3 is 0 Å². The fourth-order valence-electron chi connectivity index (χ4n) is 1.64. The number of nitrogens with zero attached hydrogens (tertiary/aromatic N) is 1. The molecular weight excluding hydrogens is 186 g/mol. The lowest BCUT2D eigenvalue weighted by Crippen LogP contribution is -1.89. The molecule has 0 fully saturated rings. The molecule has 0 aliphatic rings. The Kier molecular flexibility index (Phi) is 2.46. The Labute approximate surface area is 89.5 Å². The van der Waals surface area contributed by atoms with Gasteiger partial charge in [-0.05, 0) is 19.4 Å². The predicted octanol–water partition coefficient (Wildman–Crippen LogP) is 2.74. The van der Waals surface area contributed by atoms with Crippen molar-refractivity contribution in [2.75, 3.05) is 12.4 Å². The number of aromatic nitrogens is 2. The zero-order chi connectivity index (χ0) is 10.8. The molecule has 2 rings (SSSR count). The molecule has 0 saturated carbocycles. The minimum atomic E-state index is 0.908. The van der Waals surface area contributed by atoms with E-state index in [1.54, 1.807) is 0 Å². The maximum Gasteiger partial charge on any atom is 0.151 e. The van der Waals surface area contributed by atoms with Crippen LogP contribution >= 0.6 is 0 Å². The van der Waals surface area contributed by atoms with Crippen LogP contribution in [0.3, 0.4) is 0 Å². The monoisotopic (exact) mass is 201 g/mol. The summed E-state index contributed by atoms with van der Waals surface area (Å²) in [5, 5.41) is 10.3. The van der Waals surface area contributed by atoms with Crippen molar-refractivity contribution in [3.63, 3.8) is 0 Å². The van der Waals surface area contributed by atoms with Gasteiger partial charge in [0, 0.05) is 12.6 Å². The zero-order valence-corrected chi connectivity index (χ0v) is 9.26. The maximum absolute atomic E-state index is 4.20. The molecule has 0 aliphatic carbocycles. The third-order valence-corrected chi connectivity index (χ3v) is 2.59. The van der Waals surface area contributed by atoms with E-state index in [0.29, 0.717) is 0 Å². The molecule has 0 radical (unpaired) electrons. The summed E-state index contributed by atoms with van der Waals surface area (Å²) >= 11 is 0. The van der Waals surface area contributed by atoms with Gasteiger partial charge in [-0.1, -0.05) is 29.8 Å². The van der Waals surface area contributed by atoms with E-state index in [4.69, 9.17) is 0 Å². The van der Waals surface area contributed by atoms with Crippen molar-refractivity contribution >= 4 is 5.82 Å². The molecule has 2 N–H and O–H groups in total. The summed E-state index contributed by atoms with van der Waals surface area (Å²) in [5.41, 5.74) is 4.68. The van der Waals surface area contributed by atoms with Crippen LogP contribution in [0.1, 0.15) is 11.1 Å². The third kappa shape index (κ3) is 1.73. The van der Waals surface area contributed by atoms with E-state index >= 15 is 0 Å². The first-order valence-corrected chi connectivity index (χ1v) is 5.02. The molecule has 2 aromatic rings. The number of hydrogen-bond acceptors (Lipinski definition) is 2. The molecule has 0 bridgehead atoms. The Hall–Kier alpha value is -1.77. The molecule has 15 heavy (non-hydrogen) atoms. The Balaban J connectivity index is 2.45. The highest BCUT2D eigenvalue weighted by Crippen LogP contribution is 2.25. The largest absolute Gasteiger partial charge is 0.371 e. The molecule has 1 aromatic heterocycles. The van der Waals surface area contributed by atoms with Crippen molar-refractivity contribution < 1.29 is 0 Å². The number of aryl methyl sites for hydroxylation is 1. The van der Waals surface area contributed by atoms with Crippen molar-refractivity contribution in [1.29, 1.82) is 0 Å². The molecule has 78 valence electrons. The quantitative estimate of drug-likeness (QED) is 0.784. The maximum atomic E-state index is 4.20. The van der Waals surface area contributed by atoms with E-state index < -0.39 is 0 Å². The summed E-state index contributed by atoms with van der Waals surface area (Å²) in [7, 11) is 1.88. The lowest BCUT2D eigenvalue weighted by molar-refractivity contribution is 1.09. The molecule has 1 aromatic carbocycles. The first-order chi connectivity index (χ1) is 7.22. The number of anilines is 1. The standard InChI is InChI=1S/C12H15N3/c1-8-4-6-10(7-5-8)11-9(2)12(13-3)15-14-11/h4-7H,1-3H3,(H2,13,14,15). The van der Waals surface area contributed by atoms with Gasteiger partial charge in [0.05, 0.1) is 5.69 Å². The average Bonchev–Trinajstić information content (AvgIpc) is 2.61. The second-order valence-corrected chi connectivity index (χ2v) is 3.69. The van der Waals surface area contributed by atoms with Crippen molar-refractivity contribution in [3.05, 3.63) is 35.4 Å². The van der Waals surface area contributed by atoms with Gasteiger partial charge in [0.15, 0.2) is 5.82 Å². The van der Waals surface area contributed by atoms with Gasteiger partial charge in [-0.15, -0.1) is 0 Å². The van der Waals surface area contributed by atoms with Crippen LogP contribution in [-0.4, -0.2) is 17.2 Å². The van der Waals surface area contributed by atoms with Crippen molar-refractivity contribution in [1.82, 2.24) is 10.2 Å². The molecule has 0 saturated heterocycles. The highest BCUT2D eigenvalue weighted by Gasteiger charge is 2.08. The van der Waals surface area contributed by atoms with Crippen molar-refractivity contribution in [3.8, 4) is 11.3 Å². The highest BCUT2D eigenvalue weighted by atomic mass is 15.2. The molecule has 0 amide bonds. The fourth-order valence-corrected chi connectivity index (χ4v) is 1.64. The normalized spacial score (nSPS) is 10.3. The Morgan fingerprint density at radius 1 is 1.13 bits per heavy atom. The van der Waals surface area contributed by atoms with Crippen molar-refractivity contribution in [2.45, 2.75) is 13.8 Å². The second-order valence-electron chi connectivity index (χ2n) is 3.69. The van der Waals surface area contributed by atoms with E-state index in [2.05, 4.69) is 53.6 Å². The van der Waals surface area contributed by atoms with E-state index in [1.807, 2.05) is 7.05 Å². The molecule has 3 heteroatoms. The summed E-state index contributed by atoms with van der Waals surface area (Å²) < 4.78 is 0.